The number of hydrogen-bond donors (Lipinski definition) is 0. The highest BCUT2D eigenvalue weighted by molar-refractivity contribution is 5.31. The van der Waals surface area contributed by atoms with Crippen molar-refractivity contribution >= 4 is 0 Å². The van der Waals surface area contributed by atoms with Crippen LogP contribution < -0.4 is 4.74 Å². The first-order valence-electron chi connectivity index (χ1n) is 9.99. The second-order valence-corrected chi connectivity index (χ2v) is 8.49. The molecule has 0 saturated heterocycles. The zero-order valence-corrected chi connectivity index (χ0v) is 15.6. The van der Waals surface area contributed by atoms with Gasteiger partial charge in [-0.25, -0.2) is 4.39 Å². The highest BCUT2D eigenvalue weighted by atomic mass is 19.1. The van der Waals surface area contributed by atoms with Crippen LogP contribution in [0.1, 0.15) is 83.6 Å². The fourth-order valence-corrected chi connectivity index (χ4v) is 4.80. The van der Waals surface area contributed by atoms with E-state index in [0.717, 1.165) is 17.8 Å². The minimum absolute atomic E-state index is 0.0130. The molecule has 0 spiro atoms. The molecule has 0 aromatic heterocycles. The van der Waals surface area contributed by atoms with Crippen LogP contribution in [-0.4, -0.2) is 6.10 Å². The second-order valence-electron chi connectivity index (χ2n) is 8.49. The van der Waals surface area contributed by atoms with Crippen LogP contribution in [0.25, 0.3) is 0 Å². The molecule has 0 N–H and O–H groups in total. The minimum atomic E-state index is -0.204. The van der Waals surface area contributed by atoms with E-state index in [-0.39, 0.29) is 11.9 Å². The Hall–Kier alpha value is -1.05. The van der Waals surface area contributed by atoms with Gasteiger partial charge in [-0.15, -0.1) is 0 Å². The van der Waals surface area contributed by atoms with Crippen molar-refractivity contribution in [3.63, 3.8) is 0 Å². The van der Waals surface area contributed by atoms with Crippen LogP contribution in [0.4, 0.5) is 4.39 Å². The number of rotatable bonds is 4. The third-order valence-electron chi connectivity index (χ3n) is 6.29. The Morgan fingerprint density at radius 2 is 1.50 bits per heavy atom. The van der Waals surface area contributed by atoms with Gasteiger partial charge in [-0.2, -0.15) is 0 Å². The predicted octanol–water partition coefficient (Wildman–Crippen LogP) is 6.71. The molecule has 1 nitrogen and oxygen atoms in total. The van der Waals surface area contributed by atoms with Gasteiger partial charge in [-0.3, -0.25) is 0 Å². The maximum atomic E-state index is 14.2. The SMILES string of the molecule is CC1CCC(C2CCC(c3ccc(OC(C)C)c(F)c3)CC2)CC1. The lowest BCUT2D eigenvalue weighted by atomic mass is 9.68. The van der Waals surface area contributed by atoms with Gasteiger partial charge in [0, 0.05) is 0 Å². The molecular formula is C22H33FO. The molecule has 0 amide bonds. The van der Waals surface area contributed by atoms with Crippen molar-refractivity contribution in [2.45, 2.75) is 84.2 Å². The third-order valence-corrected chi connectivity index (χ3v) is 6.29. The smallest absolute Gasteiger partial charge is 0.165 e. The molecule has 24 heavy (non-hydrogen) atoms. The van der Waals surface area contributed by atoms with Gasteiger partial charge in [0.25, 0.3) is 0 Å². The summed E-state index contributed by atoms with van der Waals surface area (Å²) in [6.07, 6.45) is 10.8. The zero-order chi connectivity index (χ0) is 17.1. The van der Waals surface area contributed by atoms with Crippen molar-refractivity contribution in [2.75, 3.05) is 0 Å². The monoisotopic (exact) mass is 332 g/mol. The van der Waals surface area contributed by atoms with Gasteiger partial charge in [0.05, 0.1) is 6.10 Å². The lowest BCUT2D eigenvalue weighted by molar-refractivity contribution is 0.165. The van der Waals surface area contributed by atoms with Crippen LogP contribution in [0.3, 0.4) is 0 Å². The molecule has 1 aromatic carbocycles. The summed E-state index contributed by atoms with van der Waals surface area (Å²) in [5.41, 5.74) is 1.17. The zero-order valence-electron chi connectivity index (χ0n) is 15.6. The Kier molecular flexibility index (Phi) is 5.84. The van der Waals surface area contributed by atoms with Crippen LogP contribution in [0, 0.1) is 23.6 Å². The Morgan fingerprint density at radius 1 is 0.917 bits per heavy atom. The molecule has 2 heteroatoms. The molecule has 2 fully saturated rings. The summed E-state index contributed by atoms with van der Waals surface area (Å²) in [6.45, 7) is 6.26. The molecule has 134 valence electrons. The maximum Gasteiger partial charge on any atom is 0.165 e. The molecule has 0 unspecified atom stereocenters. The topological polar surface area (TPSA) is 9.23 Å². The Balaban J connectivity index is 1.55. The van der Waals surface area contributed by atoms with Crippen molar-refractivity contribution in [1.82, 2.24) is 0 Å². The van der Waals surface area contributed by atoms with E-state index in [0.29, 0.717) is 11.7 Å². The maximum absolute atomic E-state index is 14.2. The molecule has 3 rings (SSSR count). The quantitative estimate of drug-likeness (QED) is 0.595. The van der Waals surface area contributed by atoms with Gasteiger partial charge in [0.1, 0.15) is 0 Å². The molecule has 0 aliphatic heterocycles. The van der Waals surface area contributed by atoms with Gasteiger partial charge in [-0.05, 0) is 93.7 Å². The molecule has 2 saturated carbocycles. The van der Waals surface area contributed by atoms with Gasteiger partial charge in [0.2, 0.25) is 0 Å². The normalized spacial score (nSPS) is 31.2. The molecule has 0 atom stereocenters. The van der Waals surface area contributed by atoms with Crippen LogP contribution in [0.5, 0.6) is 5.75 Å². The first kappa shape index (κ1) is 17.8. The van der Waals surface area contributed by atoms with E-state index in [1.165, 1.54) is 56.9 Å². The largest absolute Gasteiger partial charge is 0.488 e. The molecule has 0 radical (unpaired) electrons. The van der Waals surface area contributed by atoms with Crippen molar-refractivity contribution < 1.29 is 9.13 Å². The van der Waals surface area contributed by atoms with Crippen molar-refractivity contribution in [3.8, 4) is 5.75 Å². The Bertz CT molecular complexity index is 523. The fourth-order valence-electron chi connectivity index (χ4n) is 4.80. The highest BCUT2D eigenvalue weighted by Crippen LogP contribution is 2.44. The summed E-state index contributed by atoms with van der Waals surface area (Å²) >= 11 is 0. The average molecular weight is 333 g/mol. The average Bonchev–Trinajstić information content (AvgIpc) is 2.57. The second kappa shape index (κ2) is 7.89. The predicted molar refractivity (Wildman–Crippen MR) is 98.0 cm³/mol. The molecule has 0 bridgehead atoms. The molecular weight excluding hydrogens is 299 g/mol. The summed E-state index contributed by atoms with van der Waals surface area (Å²) in [7, 11) is 0. The fraction of sp³-hybridized carbons (Fsp3) is 0.727. The standard InChI is InChI=1S/C22H33FO/c1-15(2)24-22-13-12-20(14-21(22)23)19-10-8-18(9-11-19)17-6-4-16(3)5-7-17/h12-19H,4-11H2,1-3H3. The number of ether oxygens (including phenoxy) is 1. The Morgan fingerprint density at radius 3 is 2.04 bits per heavy atom. The highest BCUT2D eigenvalue weighted by Gasteiger charge is 2.30. The van der Waals surface area contributed by atoms with E-state index in [2.05, 4.69) is 13.0 Å². The first-order chi connectivity index (χ1) is 11.5. The van der Waals surface area contributed by atoms with Gasteiger partial charge in [-0.1, -0.05) is 25.8 Å². The molecule has 2 aliphatic rings. The molecule has 1 aromatic rings. The van der Waals surface area contributed by atoms with Gasteiger partial charge in [0.15, 0.2) is 11.6 Å². The van der Waals surface area contributed by atoms with Crippen molar-refractivity contribution in [2.24, 2.45) is 17.8 Å². The van der Waals surface area contributed by atoms with Crippen LogP contribution in [-0.2, 0) is 0 Å². The summed E-state index contributed by atoms with van der Waals surface area (Å²) in [5.74, 6) is 3.53. The first-order valence-corrected chi connectivity index (χ1v) is 9.99. The van der Waals surface area contributed by atoms with E-state index in [9.17, 15) is 4.39 Å². The summed E-state index contributed by atoms with van der Waals surface area (Å²) in [5, 5.41) is 0. The van der Waals surface area contributed by atoms with Crippen LogP contribution in [0.15, 0.2) is 18.2 Å². The summed E-state index contributed by atoms with van der Waals surface area (Å²) in [4.78, 5) is 0. The summed E-state index contributed by atoms with van der Waals surface area (Å²) < 4.78 is 19.8. The Labute approximate surface area is 147 Å². The van der Waals surface area contributed by atoms with Gasteiger partial charge >= 0.3 is 0 Å². The van der Waals surface area contributed by atoms with E-state index in [1.54, 1.807) is 6.07 Å². The minimum Gasteiger partial charge on any atom is -0.488 e. The van der Waals surface area contributed by atoms with E-state index < -0.39 is 0 Å². The van der Waals surface area contributed by atoms with Crippen LogP contribution >= 0.6 is 0 Å². The number of hydrogen-bond acceptors (Lipinski definition) is 1. The van der Waals surface area contributed by atoms with Gasteiger partial charge < -0.3 is 4.74 Å². The lowest BCUT2D eigenvalue weighted by Gasteiger charge is -2.37. The van der Waals surface area contributed by atoms with Crippen molar-refractivity contribution in [1.29, 1.82) is 0 Å². The summed E-state index contributed by atoms with van der Waals surface area (Å²) in [6, 6.07) is 5.61. The van der Waals surface area contributed by atoms with Crippen LogP contribution in [0.2, 0.25) is 0 Å². The number of benzene rings is 1. The van der Waals surface area contributed by atoms with Crippen molar-refractivity contribution in [3.05, 3.63) is 29.6 Å². The molecule has 2 aliphatic carbocycles. The van der Waals surface area contributed by atoms with E-state index in [1.807, 2.05) is 19.9 Å². The number of halogens is 1. The third kappa shape index (κ3) is 4.32. The molecule has 0 heterocycles. The van der Waals surface area contributed by atoms with E-state index in [4.69, 9.17) is 4.74 Å². The lowest BCUT2D eigenvalue weighted by Crippen LogP contribution is -2.24. The van der Waals surface area contributed by atoms with E-state index >= 15 is 0 Å².